The van der Waals surface area contributed by atoms with Crippen molar-refractivity contribution >= 4 is 22.5 Å². The fourth-order valence-electron chi connectivity index (χ4n) is 3.80. The minimum atomic E-state index is 0.00987. The maximum Gasteiger partial charge on any atom is 0.224 e. The Morgan fingerprint density at radius 2 is 2.17 bits per heavy atom. The highest BCUT2D eigenvalue weighted by atomic mass is 16.5. The number of aromatic nitrogens is 1. The van der Waals surface area contributed by atoms with Gasteiger partial charge in [-0.3, -0.25) is 4.79 Å². The smallest absolute Gasteiger partial charge is 0.224 e. The third kappa shape index (κ3) is 4.98. The number of amides is 1. The van der Waals surface area contributed by atoms with Crippen molar-refractivity contribution in [3.05, 3.63) is 59.8 Å². The van der Waals surface area contributed by atoms with E-state index in [0.717, 1.165) is 49.1 Å². The van der Waals surface area contributed by atoms with Crippen molar-refractivity contribution in [1.29, 1.82) is 0 Å². The second kappa shape index (κ2) is 9.14. The molecule has 1 atom stereocenters. The van der Waals surface area contributed by atoms with Crippen molar-refractivity contribution in [2.24, 2.45) is 0 Å². The van der Waals surface area contributed by atoms with Crippen LogP contribution in [0.3, 0.4) is 0 Å². The second-order valence-electron chi connectivity index (χ2n) is 7.71. The molecule has 1 saturated heterocycles. The molecule has 5 nitrogen and oxygen atoms in total. The highest BCUT2D eigenvalue weighted by Gasteiger charge is 2.17. The molecule has 1 aromatic heterocycles. The van der Waals surface area contributed by atoms with Gasteiger partial charge in [-0.25, -0.2) is 0 Å². The number of aryl methyl sites for hydroxylation is 2. The fraction of sp³-hybridized carbons (Fsp3) is 0.375. The Morgan fingerprint density at radius 1 is 1.28 bits per heavy atom. The standard InChI is InChI=1S/C24H28N2O3/c1-17-11-12-22(23(14-17)29-16-19-7-5-13-28-19)26-24(27)10-4-6-18-15-25-21-9-3-2-8-20(18)21/h2-3,8-9,11-12,14-15,19,25H,4-7,10,13,16H2,1H3,(H,26,27). The SMILES string of the molecule is Cc1ccc(NC(=O)CCCc2c[nH]c3ccccc23)c(OCC2CCCO2)c1. The summed E-state index contributed by atoms with van der Waals surface area (Å²) in [6.45, 7) is 3.35. The fourth-order valence-corrected chi connectivity index (χ4v) is 3.80. The second-order valence-corrected chi connectivity index (χ2v) is 7.71. The van der Waals surface area contributed by atoms with E-state index in [2.05, 4.69) is 22.4 Å². The first kappa shape index (κ1) is 19.5. The number of fused-ring (bicyclic) bond motifs is 1. The van der Waals surface area contributed by atoms with Gasteiger partial charge in [0.25, 0.3) is 0 Å². The van der Waals surface area contributed by atoms with Gasteiger partial charge in [-0.2, -0.15) is 0 Å². The molecule has 0 aliphatic carbocycles. The largest absolute Gasteiger partial charge is 0.489 e. The molecule has 0 spiro atoms. The maximum absolute atomic E-state index is 12.5. The third-order valence-corrected chi connectivity index (χ3v) is 5.38. The Morgan fingerprint density at radius 3 is 3.03 bits per heavy atom. The zero-order valence-corrected chi connectivity index (χ0v) is 16.9. The first-order chi connectivity index (χ1) is 14.2. The molecule has 1 fully saturated rings. The first-order valence-corrected chi connectivity index (χ1v) is 10.4. The predicted octanol–water partition coefficient (Wildman–Crippen LogP) is 5.00. The summed E-state index contributed by atoms with van der Waals surface area (Å²) in [6.07, 6.45) is 6.44. The minimum absolute atomic E-state index is 0.00987. The number of benzene rings is 2. The summed E-state index contributed by atoms with van der Waals surface area (Å²) in [7, 11) is 0. The molecule has 29 heavy (non-hydrogen) atoms. The van der Waals surface area contributed by atoms with Crippen molar-refractivity contribution in [3.63, 3.8) is 0 Å². The van der Waals surface area contributed by atoms with Crippen LogP contribution in [-0.4, -0.2) is 30.2 Å². The van der Waals surface area contributed by atoms with Crippen LogP contribution in [-0.2, 0) is 16.0 Å². The molecule has 0 radical (unpaired) electrons. The lowest BCUT2D eigenvalue weighted by Gasteiger charge is -2.16. The predicted molar refractivity (Wildman–Crippen MR) is 116 cm³/mol. The lowest BCUT2D eigenvalue weighted by Crippen LogP contribution is -2.18. The van der Waals surface area contributed by atoms with Crippen LogP contribution >= 0.6 is 0 Å². The number of hydrogen-bond donors (Lipinski definition) is 2. The first-order valence-electron chi connectivity index (χ1n) is 10.4. The molecule has 1 amide bonds. The third-order valence-electron chi connectivity index (χ3n) is 5.38. The number of H-pyrrole nitrogens is 1. The zero-order chi connectivity index (χ0) is 20.1. The van der Waals surface area contributed by atoms with Gasteiger partial charge in [-0.05, 0) is 61.9 Å². The lowest BCUT2D eigenvalue weighted by molar-refractivity contribution is -0.116. The van der Waals surface area contributed by atoms with Crippen LogP contribution < -0.4 is 10.1 Å². The molecular weight excluding hydrogens is 364 g/mol. The van der Waals surface area contributed by atoms with Crippen molar-refractivity contribution in [2.45, 2.75) is 45.1 Å². The molecule has 1 aliphatic heterocycles. The van der Waals surface area contributed by atoms with Crippen LogP contribution in [0.15, 0.2) is 48.7 Å². The van der Waals surface area contributed by atoms with Crippen LogP contribution in [0, 0.1) is 6.92 Å². The van der Waals surface area contributed by atoms with E-state index in [4.69, 9.17) is 9.47 Å². The van der Waals surface area contributed by atoms with Crippen molar-refractivity contribution < 1.29 is 14.3 Å². The molecule has 2 heterocycles. The number of carbonyl (C=O) groups is 1. The van der Waals surface area contributed by atoms with Crippen molar-refractivity contribution in [1.82, 2.24) is 4.98 Å². The molecule has 2 N–H and O–H groups in total. The minimum Gasteiger partial charge on any atom is -0.489 e. The summed E-state index contributed by atoms with van der Waals surface area (Å²) >= 11 is 0. The summed E-state index contributed by atoms with van der Waals surface area (Å²) in [5, 5.41) is 4.25. The number of nitrogens with one attached hydrogen (secondary N) is 2. The molecule has 1 unspecified atom stereocenters. The van der Waals surface area contributed by atoms with Crippen molar-refractivity contribution in [2.75, 3.05) is 18.5 Å². The van der Waals surface area contributed by atoms with Crippen LogP contribution in [0.2, 0.25) is 0 Å². The average Bonchev–Trinajstić information content (AvgIpc) is 3.38. The van der Waals surface area contributed by atoms with Crippen LogP contribution in [0.1, 0.15) is 36.8 Å². The Bertz CT molecular complexity index is 973. The van der Waals surface area contributed by atoms with E-state index in [1.54, 1.807) is 0 Å². The van der Waals surface area contributed by atoms with Crippen LogP contribution in [0.25, 0.3) is 10.9 Å². The zero-order valence-electron chi connectivity index (χ0n) is 16.9. The molecule has 4 rings (SSSR count). The van der Waals surface area contributed by atoms with Gasteiger partial charge in [-0.15, -0.1) is 0 Å². The Balaban J connectivity index is 1.31. The number of hydrogen-bond acceptors (Lipinski definition) is 3. The van der Waals surface area contributed by atoms with Gasteiger partial charge in [0.2, 0.25) is 5.91 Å². The van der Waals surface area contributed by atoms with Gasteiger partial charge in [0.1, 0.15) is 12.4 Å². The highest BCUT2D eigenvalue weighted by molar-refractivity contribution is 5.92. The van der Waals surface area contributed by atoms with E-state index in [0.29, 0.717) is 18.8 Å². The van der Waals surface area contributed by atoms with E-state index in [1.165, 1.54) is 10.9 Å². The van der Waals surface area contributed by atoms with Crippen molar-refractivity contribution in [3.8, 4) is 5.75 Å². The summed E-state index contributed by atoms with van der Waals surface area (Å²) in [5.74, 6) is 0.723. The summed E-state index contributed by atoms with van der Waals surface area (Å²) < 4.78 is 11.6. The molecule has 0 saturated carbocycles. The van der Waals surface area contributed by atoms with Crippen LogP contribution in [0.5, 0.6) is 5.75 Å². The number of ether oxygens (including phenoxy) is 2. The topological polar surface area (TPSA) is 63.4 Å². The quantitative estimate of drug-likeness (QED) is 0.567. The van der Waals surface area contributed by atoms with E-state index in [-0.39, 0.29) is 12.0 Å². The normalized spacial score (nSPS) is 16.2. The van der Waals surface area contributed by atoms with E-state index >= 15 is 0 Å². The highest BCUT2D eigenvalue weighted by Crippen LogP contribution is 2.27. The Labute approximate surface area is 171 Å². The number of aromatic amines is 1. The van der Waals surface area contributed by atoms with E-state index in [1.807, 2.05) is 43.5 Å². The molecule has 2 aromatic carbocycles. The van der Waals surface area contributed by atoms with Gasteiger partial charge in [-0.1, -0.05) is 24.3 Å². The molecular formula is C24H28N2O3. The van der Waals surface area contributed by atoms with Gasteiger partial charge < -0.3 is 19.8 Å². The number of anilines is 1. The summed E-state index contributed by atoms with van der Waals surface area (Å²) in [5.41, 5.74) is 4.22. The van der Waals surface area contributed by atoms with E-state index in [9.17, 15) is 4.79 Å². The van der Waals surface area contributed by atoms with Gasteiger partial charge in [0, 0.05) is 30.1 Å². The summed E-state index contributed by atoms with van der Waals surface area (Å²) in [4.78, 5) is 15.8. The molecule has 5 heteroatoms. The van der Waals surface area contributed by atoms with Gasteiger partial charge >= 0.3 is 0 Å². The average molecular weight is 392 g/mol. The van der Waals surface area contributed by atoms with Gasteiger partial charge in [0.05, 0.1) is 11.8 Å². The summed E-state index contributed by atoms with van der Waals surface area (Å²) in [6, 6.07) is 14.1. The number of para-hydroxylation sites is 1. The monoisotopic (exact) mass is 392 g/mol. The molecule has 1 aliphatic rings. The Kier molecular flexibility index (Phi) is 6.15. The van der Waals surface area contributed by atoms with Gasteiger partial charge in [0.15, 0.2) is 0 Å². The number of rotatable bonds is 8. The molecule has 0 bridgehead atoms. The molecule has 152 valence electrons. The lowest BCUT2D eigenvalue weighted by atomic mass is 10.1. The Hall–Kier alpha value is -2.79. The van der Waals surface area contributed by atoms with Crippen LogP contribution in [0.4, 0.5) is 5.69 Å². The van der Waals surface area contributed by atoms with E-state index < -0.39 is 0 Å². The number of carbonyl (C=O) groups excluding carboxylic acids is 1. The molecule has 3 aromatic rings. The maximum atomic E-state index is 12.5.